The summed E-state index contributed by atoms with van der Waals surface area (Å²) >= 11 is 0. The number of carbonyl (C=O) groups is 1. The second-order valence-corrected chi connectivity index (χ2v) is 6.44. The number of nitrogens with one attached hydrogen (secondary N) is 1. The average molecular weight is 376 g/mol. The minimum Gasteiger partial charge on any atom is -0.347 e. The van der Waals surface area contributed by atoms with Gasteiger partial charge in [0.1, 0.15) is 11.6 Å². The van der Waals surface area contributed by atoms with Crippen LogP contribution in [0, 0.1) is 11.6 Å². The average Bonchev–Trinajstić information content (AvgIpc) is 3.13. The van der Waals surface area contributed by atoms with Crippen molar-refractivity contribution < 1.29 is 23.0 Å². The van der Waals surface area contributed by atoms with Gasteiger partial charge in [0.05, 0.1) is 24.5 Å². The number of hydrogen-bond acceptors (Lipinski definition) is 6. The van der Waals surface area contributed by atoms with Gasteiger partial charge in [0, 0.05) is 44.4 Å². The Morgan fingerprint density at radius 3 is 2.41 bits per heavy atom. The van der Waals surface area contributed by atoms with Crippen molar-refractivity contribution in [2.45, 2.75) is 18.6 Å². The molecule has 1 N–H and O–H groups in total. The first kappa shape index (κ1) is 17.7. The summed E-state index contributed by atoms with van der Waals surface area (Å²) in [6.45, 7) is 2.61. The van der Waals surface area contributed by atoms with E-state index >= 15 is 0 Å². The molecule has 3 heterocycles. The predicted octanol–water partition coefficient (Wildman–Crippen LogP) is 2.35. The molecule has 0 aliphatic carbocycles. The van der Waals surface area contributed by atoms with Gasteiger partial charge in [-0.15, -0.1) is 0 Å². The van der Waals surface area contributed by atoms with Crippen LogP contribution in [0.3, 0.4) is 0 Å². The van der Waals surface area contributed by atoms with Gasteiger partial charge in [-0.05, 0) is 12.1 Å². The van der Waals surface area contributed by atoms with Crippen LogP contribution in [0.4, 0.5) is 20.4 Å². The summed E-state index contributed by atoms with van der Waals surface area (Å²) in [6, 6.07) is 2.93. The van der Waals surface area contributed by atoms with Crippen molar-refractivity contribution in [3.8, 4) is 0 Å². The fourth-order valence-corrected chi connectivity index (χ4v) is 3.22. The van der Waals surface area contributed by atoms with Crippen molar-refractivity contribution >= 4 is 17.5 Å². The SMILES string of the molecule is O=C(Nc1ccc(F)cc1F)c1cnc(N2CCC3(CC2)OCCO3)nc1. The van der Waals surface area contributed by atoms with Crippen molar-refractivity contribution in [1.82, 2.24) is 9.97 Å². The molecule has 1 amide bonds. The van der Waals surface area contributed by atoms with Crippen LogP contribution in [0.5, 0.6) is 0 Å². The lowest BCUT2D eigenvalue weighted by atomic mass is 10.0. The second kappa shape index (κ2) is 7.16. The van der Waals surface area contributed by atoms with Crippen molar-refractivity contribution in [3.05, 3.63) is 47.8 Å². The van der Waals surface area contributed by atoms with E-state index in [2.05, 4.69) is 15.3 Å². The number of amides is 1. The van der Waals surface area contributed by atoms with E-state index in [1.165, 1.54) is 12.4 Å². The third kappa shape index (κ3) is 3.74. The van der Waals surface area contributed by atoms with Gasteiger partial charge in [-0.25, -0.2) is 18.7 Å². The van der Waals surface area contributed by atoms with Crippen LogP contribution >= 0.6 is 0 Å². The highest BCUT2D eigenvalue weighted by Crippen LogP contribution is 2.32. The number of anilines is 2. The summed E-state index contributed by atoms with van der Waals surface area (Å²) in [5.74, 6) is -2.10. The van der Waals surface area contributed by atoms with Gasteiger partial charge in [-0.2, -0.15) is 0 Å². The maximum Gasteiger partial charge on any atom is 0.258 e. The molecule has 2 aliphatic heterocycles. The van der Waals surface area contributed by atoms with E-state index < -0.39 is 23.3 Å². The highest BCUT2D eigenvalue weighted by atomic mass is 19.1. The van der Waals surface area contributed by atoms with Gasteiger partial charge in [-0.3, -0.25) is 4.79 Å². The Balaban J connectivity index is 1.39. The van der Waals surface area contributed by atoms with E-state index in [0.717, 1.165) is 25.0 Å². The van der Waals surface area contributed by atoms with Gasteiger partial charge in [-0.1, -0.05) is 0 Å². The topological polar surface area (TPSA) is 76.6 Å². The quantitative estimate of drug-likeness (QED) is 0.886. The molecule has 0 atom stereocenters. The minimum absolute atomic E-state index is 0.108. The molecule has 9 heteroatoms. The highest BCUT2D eigenvalue weighted by Gasteiger charge is 2.40. The molecule has 2 saturated heterocycles. The van der Waals surface area contributed by atoms with E-state index in [0.29, 0.717) is 38.3 Å². The molecule has 1 aromatic heterocycles. The van der Waals surface area contributed by atoms with Crippen molar-refractivity contribution in [3.63, 3.8) is 0 Å². The monoisotopic (exact) mass is 376 g/mol. The van der Waals surface area contributed by atoms with Crippen LogP contribution in [-0.2, 0) is 9.47 Å². The molecule has 142 valence electrons. The molecule has 0 radical (unpaired) electrons. The van der Waals surface area contributed by atoms with Gasteiger partial charge in [0.25, 0.3) is 5.91 Å². The summed E-state index contributed by atoms with van der Waals surface area (Å²) < 4.78 is 38.0. The van der Waals surface area contributed by atoms with E-state index in [-0.39, 0.29) is 11.3 Å². The first-order chi connectivity index (χ1) is 13.0. The normalized spacial score (nSPS) is 18.7. The summed E-state index contributed by atoms with van der Waals surface area (Å²) in [5, 5.41) is 2.38. The first-order valence-electron chi connectivity index (χ1n) is 8.66. The minimum atomic E-state index is -0.848. The molecule has 2 aliphatic rings. The number of piperidine rings is 1. The molecule has 4 rings (SSSR count). The van der Waals surface area contributed by atoms with Gasteiger partial charge >= 0.3 is 0 Å². The van der Waals surface area contributed by atoms with Crippen LogP contribution in [0.2, 0.25) is 0 Å². The molecule has 27 heavy (non-hydrogen) atoms. The molecular formula is C18H18F2N4O3. The van der Waals surface area contributed by atoms with Crippen LogP contribution in [-0.4, -0.2) is 48.0 Å². The molecular weight excluding hydrogens is 358 g/mol. The lowest BCUT2D eigenvalue weighted by Gasteiger charge is -2.37. The van der Waals surface area contributed by atoms with Crippen LogP contribution in [0.15, 0.2) is 30.6 Å². The molecule has 7 nitrogen and oxygen atoms in total. The van der Waals surface area contributed by atoms with Crippen LogP contribution in [0.25, 0.3) is 0 Å². The van der Waals surface area contributed by atoms with E-state index in [9.17, 15) is 13.6 Å². The highest BCUT2D eigenvalue weighted by molar-refractivity contribution is 6.03. The third-order valence-electron chi connectivity index (χ3n) is 4.70. The molecule has 1 aromatic carbocycles. The molecule has 2 aromatic rings. The Hall–Kier alpha value is -2.65. The van der Waals surface area contributed by atoms with E-state index in [4.69, 9.17) is 9.47 Å². The van der Waals surface area contributed by atoms with Crippen LogP contribution in [0.1, 0.15) is 23.2 Å². The number of carbonyl (C=O) groups excluding carboxylic acids is 1. The zero-order chi connectivity index (χ0) is 18.9. The lowest BCUT2D eigenvalue weighted by Crippen LogP contribution is -2.45. The first-order valence-corrected chi connectivity index (χ1v) is 8.66. The smallest absolute Gasteiger partial charge is 0.258 e. The number of nitrogens with zero attached hydrogens (tertiary/aromatic N) is 3. The van der Waals surface area contributed by atoms with Crippen molar-refractivity contribution in [1.29, 1.82) is 0 Å². The number of benzene rings is 1. The summed E-state index contributed by atoms with van der Waals surface area (Å²) in [5.41, 5.74) is 0.0711. The lowest BCUT2D eigenvalue weighted by molar-refractivity contribution is -0.169. The zero-order valence-electron chi connectivity index (χ0n) is 14.5. The van der Waals surface area contributed by atoms with E-state index in [1.54, 1.807) is 0 Å². The maximum absolute atomic E-state index is 13.6. The summed E-state index contributed by atoms with van der Waals surface area (Å²) in [7, 11) is 0. The van der Waals surface area contributed by atoms with Gasteiger partial charge < -0.3 is 19.7 Å². The number of aromatic nitrogens is 2. The standard InChI is InChI=1S/C18H18F2N4O3/c19-13-1-2-15(14(20)9-13)23-16(25)12-10-21-17(22-11-12)24-5-3-18(4-6-24)26-7-8-27-18/h1-2,9-11H,3-8H2,(H,23,25). The predicted molar refractivity (Wildman–Crippen MR) is 92.4 cm³/mol. The molecule has 2 fully saturated rings. The third-order valence-corrected chi connectivity index (χ3v) is 4.70. The van der Waals surface area contributed by atoms with E-state index in [1.807, 2.05) is 4.90 Å². The fraction of sp³-hybridized carbons (Fsp3) is 0.389. The van der Waals surface area contributed by atoms with Crippen molar-refractivity contribution in [2.24, 2.45) is 0 Å². The largest absolute Gasteiger partial charge is 0.347 e. The molecule has 0 saturated carbocycles. The van der Waals surface area contributed by atoms with Crippen molar-refractivity contribution in [2.75, 3.05) is 36.5 Å². The Morgan fingerprint density at radius 1 is 1.11 bits per heavy atom. The number of ether oxygens (including phenoxy) is 2. The number of halogens is 2. The fourth-order valence-electron chi connectivity index (χ4n) is 3.22. The van der Waals surface area contributed by atoms with Gasteiger partial charge in [0.15, 0.2) is 5.79 Å². The zero-order valence-corrected chi connectivity index (χ0v) is 14.5. The molecule has 0 bridgehead atoms. The molecule has 0 unspecified atom stereocenters. The maximum atomic E-state index is 13.6. The Bertz CT molecular complexity index is 831. The second-order valence-electron chi connectivity index (χ2n) is 6.44. The Labute approximate surface area is 154 Å². The molecule has 1 spiro atoms. The number of rotatable bonds is 3. The van der Waals surface area contributed by atoms with Gasteiger partial charge in [0.2, 0.25) is 5.95 Å². The Morgan fingerprint density at radius 2 is 1.78 bits per heavy atom. The summed E-state index contributed by atoms with van der Waals surface area (Å²) in [4.78, 5) is 22.7. The Kier molecular flexibility index (Phi) is 4.71. The number of hydrogen-bond donors (Lipinski definition) is 1. The summed E-state index contributed by atoms with van der Waals surface area (Å²) in [6.07, 6.45) is 4.21. The van der Waals surface area contributed by atoms with Crippen LogP contribution < -0.4 is 10.2 Å².